The van der Waals surface area contributed by atoms with Crippen molar-refractivity contribution in [3.05, 3.63) is 48.3 Å². The second-order valence-electron chi connectivity index (χ2n) is 13.8. The lowest BCUT2D eigenvalue weighted by Crippen LogP contribution is -2.77. The number of hydrogen-bond acceptors (Lipinski definition) is 12. The van der Waals surface area contributed by atoms with Crippen LogP contribution in [-0.4, -0.2) is 90.0 Å². The summed E-state index contributed by atoms with van der Waals surface area (Å²) in [6.45, 7) is 10.8. The van der Waals surface area contributed by atoms with Gasteiger partial charge < -0.3 is 39.0 Å². The number of ether oxygens (including phenoxy) is 4. The van der Waals surface area contributed by atoms with Gasteiger partial charge in [0.1, 0.15) is 12.2 Å². The van der Waals surface area contributed by atoms with E-state index in [2.05, 4.69) is 0 Å². The highest BCUT2D eigenvalue weighted by molar-refractivity contribution is 8.78. The van der Waals surface area contributed by atoms with Gasteiger partial charge in [-0.1, -0.05) is 62.1 Å². The van der Waals surface area contributed by atoms with Crippen LogP contribution in [0.3, 0.4) is 0 Å². The molecule has 2 bridgehead atoms. The standard InChI is InChI=1S/C34H44N2O10S2/c1-7-17(3)27(37)19(5)29(39)45-23-9-11-43-15-21-13-33-32(42)36-26-22(14-34(36,48-47-33)31(41)35(33)25(21)23)16-44-12-10-24(26)46-30(40)20(6)28(38)18(4)8-2/h9-12,15-20,23-28,37-38H,7-8,13-14H2,1-6H3/t17-,18-,19+,20+,23+,24+,25+,26+,27-,28-,33-,34-/m1/s1. The van der Waals surface area contributed by atoms with Gasteiger partial charge >= 0.3 is 11.9 Å². The lowest BCUT2D eigenvalue weighted by molar-refractivity contribution is -0.174. The molecule has 0 aliphatic carbocycles. The Morgan fingerprint density at radius 3 is 1.52 bits per heavy atom. The molecule has 2 spiro atoms. The zero-order chi connectivity index (χ0) is 34.7. The first-order valence-corrected chi connectivity index (χ1v) is 18.8. The summed E-state index contributed by atoms with van der Waals surface area (Å²) in [5.41, 5.74) is 1.24. The van der Waals surface area contributed by atoms with Crippen molar-refractivity contribution in [3.8, 4) is 0 Å². The number of carbonyl (C=O) groups excluding carboxylic acids is 4. The van der Waals surface area contributed by atoms with Crippen molar-refractivity contribution in [2.45, 2.75) is 113 Å². The number of carbonyl (C=O) groups is 4. The van der Waals surface area contributed by atoms with E-state index in [-0.39, 0.29) is 36.5 Å². The first kappa shape index (κ1) is 34.9. The molecule has 2 amide bonds. The third kappa shape index (κ3) is 5.28. The largest absolute Gasteiger partial charge is 0.473 e. The number of aliphatic hydroxyl groups excluding tert-OH is 2. The van der Waals surface area contributed by atoms with Crippen molar-refractivity contribution in [1.29, 1.82) is 0 Å². The van der Waals surface area contributed by atoms with Crippen LogP contribution in [-0.2, 0) is 38.1 Å². The number of piperazine rings is 1. The number of fused-ring (bicyclic) bond motifs is 3. The first-order chi connectivity index (χ1) is 22.8. The topological polar surface area (TPSA) is 152 Å². The van der Waals surface area contributed by atoms with Crippen LogP contribution in [0, 0.1) is 23.7 Å². The molecule has 0 aromatic carbocycles. The van der Waals surface area contributed by atoms with Gasteiger partial charge in [0.2, 0.25) is 0 Å². The Kier molecular flexibility index (Phi) is 9.50. The van der Waals surface area contributed by atoms with Crippen LogP contribution in [0.5, 0.6) is 0 Å². The Labute approximate surface area is 288 Å². The Bertz CT molecular complexity index is 1370. The van der Waals surface area contributed by atoms with Gasteiger partial charge in [-0.05, 0) is 49.0 Å². The third-order valence-electron chi connectivity index (χ3n) is 10.9. The van der Waals surface area contributed by atoms with E-state index < -0.39 is 70.0 Å². The van der Waals surface area contributed by atoms with E-state index in [1.54, 1.807) is 35.8 Å². The molecule has 0 unspecified atom stereocenters. The van der Waals surface area contributed by atoms with Gasteiger partial charge in [-0.2, -0.15) is 0 Å². The summed E-state index contributed by atoms with van der Waals surface area (Å²) in [5.74, 6) is -3.76. The molecule has 262 valence electrons. The second kappa shape index (κ2) is 13.1. The van der Waals surface area contributed by atoms with Gasteiger partial charge in [-0.3, -0.25) is 19.2 Å². The highest BCUT2D eigenvalue weighted by Crippen LogP contribution is 2.69. The summed E-state index contributed by atoms with van der Waals surface area (Å²) in [5, 5.41) is 21.5. The minimum absolute atomic E-state index is 0.124. The molecule has 48 heavy (non-hydrogen) atoms. The van der Waals surface area contributed by atoms with E-state index in [1.165, 1.54) is 46.6 Å². The van der Waals surface area contributed by atoms with Gasteiger partial charge in [0.05, 0.1) is 61.2 Å². The van der Waals surface area contributed by atoms with Crippen molar-refractivity contribution in [2.24, 2.45) is 23.7 Å². The molecule has 12 nitrogen and oxygen atoms in total. The number of esters is 2. The van der Waals surface area contributed by atoms with Crippen molar-refractivity contribution in [2.75, 3.05) is 0 Å². The minimum Gasteiger partial charge on any atom is -0.473 e. The van der Waals surface area contributed by atoms with E-state index in [1.807, 2.05) is 27.7 Å². The van der Waals surface area contributed by atoms with Crippen molar-refractivity contribution in [3.63, 3.8) is 0 Å². The Hall–Kier alpha value is -2.94. The molecular weight excluding hydrogens is 661 g/mol. The molecule has 0 saturated carbocycles. The zero-order valence-electron chi connectivity index (χ0n) is 27.9. The van der Waals surface area contributed by atoms with E-state index in [9.17, 15) is 29.4 Å². The molecule has 7 rings (SSSR count). The predicted octanol–water partition coefficient (Wildman–Crippen LogP) is 3.75. The maximum atomic E-state index is 14.8. The third-order valence-corrected chi connectivity index (χ3v) is 14.5. The molecular formula is C34H44N2O10S2. The van der Waals surface area contributed by atoms with Gasteiger partial charge in [0, 0.05) is 12.8 Å². The summed E-state index contributed by atoms with van der Waals surface area (Å²) < 4.78 is 23.2. The average molecular weight is 705 g/mol. The molecule has 7 heterocycles. The monoisotopic (exact) mass is 704 g/mol. The van der Waals surface area contributed by atoms with Crippen LogP contribution in [0.4, 0.5) is 0 Å². The Balaban J connectivity index is 1.31. The maximum absolute atomic E-state index is 14.8. The molecule has 0 aromatic heterocycles. The molecule has 2 N–H and O–H groups in total. The summed E-state index contributed by atoms with van der Waals surface area (Å²) in [6.07, 6.45) is 6.80. The molecule has 5 saturated heterocycles. The van der Waals surface area contributed by atoms with Crippen LogP contribution in [0.2, 0.25) is 0 Å². The highest BCUT2D eigenvalue weighted by Gasteiger charge is 2.78. The second-order valence-corrected chi connectivity index (χ2v) is 16.5. The fraction of sp³-hybridized carbons (Fsp3) is 0.647. The van der Waals surface area contributed by atoms with Crippen LogP contribution >= 0.6 is 21.6 Å². The number of nitrogens with zero attached hydrogens (tertiary/aromatic N) is 2. The van der Waals surface area contributed by atoms with Gasteiger partial charge in [-0.15, -0.1) is 0 Å². The van der Waals surface area contributed by atoms with Crippen LogP contribution in [0.15, 0.2) is 48.3 Å². The molecule has 5 fully saturated rings. The van der Waals surface area contributed by atoms with Crippen molar-refractivity contribution >= 4 is 45.3 Å². The summed E-state index contributed by atoms with van der Waals surface area (Å²) in [7, 11) is 2.61. The maximum Gasteiger partial charge on any atom is 0.311 e. The molecule has 0 radical (unpaired) electrons. The van der Waals surface area contributed by atoms with Gasteiger partial charge in [-0.25, -0.2) is 0 Å². The molecule has 7 aliphatic rings. The molecule has 7 aliphatic heterocycles. The fourth-order valence-corrected chi connectivity index (χ4v) is 11.2. The molecule has 14 heteroatoms. The van der Waals surface area contributed by atoms with E-state index in [0.29, 0.717) is 24.0 Å². The smallest absolute Gasteiger partial charge is 0.311 e. The number of aliphatic hydroxyl groups is 2. The van der Waals surface area contributed by atoms with Gasteiger partial charge in [0.25, 0.3) is 11.8 Å². The summed E-state index contributed by atoms with van der Waals surface area (Å²) >= 11 is 0. The lowest BCUT2D eigenvalue weighted by atomic mass is 9.91. The average Bonchev–Trinajstić information content (AvgIpc) is 3.45. The van der Waals surface area contributed by atoms with Crippen molar-refractivity contribution < 1.29 is 48.3 Å². The van der Waals surface area contributed by atoms with Crippen LogP contribution < -0.4 is 0 Å². The SMILES string of the molecule is CC[C@@H](C)[C@@H](O)[C@H](C)C(=O)O[C@H]1C=COC=C2C[C@@]34SS[C@]5(CC6=COC=C[C@H](OC(=O)[C@@H](C)[C@H](O)[C@H](C)CC)[C@H]6N5C3=O)C(=O)N4[C@@H]21. The summed E-state index contributed by atoms with van der Waals surface area (Å²) in [4.78, 5) is 56.7. The van der Waals surface area contributed by atoms with Crippen molar-refractivity contribution in [1.82, 2.24) is 9.80 Å². The van der Waals surface area contributed by atoms with Crippen LogP contribution in [0.1, 0.15) is 67.2 Å². The zero-order valence-corrected chi connectivity index (χ0v) is 29.6. The van der Waals surface area contributed by atoms with Gasteiger partial charge in [0.15, 0.2) is 9.74 Å². The fourth-order valence-electron chi connectivity index (χ4n) is 7.46. The van der Waals surface area contributed by atoms with E-state index >= 15 is 0 Å². The molecule has 0 aromatic rings. The Morgan fingerprint density at radius 2 is 1.17 bits per heavy atom. The summed E-state index contributed by atoms with van der Waals surface area (Å²) in [6, 6.07) is -1.62. The Morgan fingerprint density at radius 1 is 0.792 bits per heavy atom. The predicted molar refractivity (Wildman–Crippen MR) is 177 cm³/mol. The normalized spacial score (nSPS) is 35.2. The van der Waals surface area contributed by atoms with E-state index in [0.717, 1.165) is 0 Å². The van der Waals surface area contributed by atoms with Crippen LogP contribution in [0.25, 0.3) is 0 Å². The lowest BCUT2D eigenvalue weighted by Gasteiger charge is -2.58. The number of rotatable bonds is 10. The molecule has 12 atom stereocenters. The minimum atomic E-state index is -1.37. The number of hydrogen-bond donors (Lipinski definition) is 2. The quantitative estimate of drug-likeness (QED) is 0.252. The highest BCUT2D eigenvalue weighted by atomic mass is 33.1. The number of amides is 2. The first-order valence-electron chi connectivity index (χ1n) is 16.7. The van der Waals surface area contributed by atoms with E-state index in [4.69, 9.17) is 18.9 Å².